The topological polar surface area (TPSA) is 44.7 Å². The molecule has 0 spiro atoms. The van der Waals surface area contributed by atoms with Crippen LogP contribution in [-0.2, 0) is 4.79 Å². The molecule has 31 heavy (non-hydrogen) atoms. The third kappa shape index (κ3) is 4.23. The third-order valence-electron chi connectivity index (χ3n) is 6.15. The van der Waals surface area contributed by atoms with E-state index in [0.29, 0.717) is 26.0 Å². The van der Waals surface area contributed by atoms with Crippen molar-refractivity contribution in [3.63, 3.8) is 0 Å². The standard InChI is InChI=1S/C24H25Cl2N3OS/c1-13-12-24(3,4)29(5)20-11-18(26)15(9-16(13)20)10-21-22(30)28-23(31-21)27-19-8-6-7-17(25)14(19)2/h6-11,13H,12H2,1-5H3,(H,27,28,30)/b21-10-/t13-/m1/s1. The fourth-order valence-electron chi connectivity index (χ4n) is 4.16. The number of hydrogen-bond acceptors (Lipinski definition) is 4. The molecule has 0 radical (unpaired) electrons. The lowest BCUT2D eigenvalue weighted by molar-refractivity contribution is -0.115. The van der Waals surface area contributed by atoms with Gasteiger partial charge in [0.15, 0.2) is 5.17 Å². The van der Waals surface area contributed by atoms with Crippen LogP contribution in [0.25, 0.3) is 6.08 Å². The number of aliphatic imine (C=N–C) groups is 1. The lowest BCUT2D eigenvalue weighted by Crippen LogP contribution is -2.45. The average molecular weight is 474 g/mol. The highest BCUT2D eigenvalue weighted by molar-refractivity contribution is 8.18. The van der Waals surface area contributed by atoms with Crippen molar-refractivity contribution in [2.24, 2.45) is 4.99 Å². The SMILES string of the molecule is Cc1c(Cl)cccc1N=C1NC(=O)/C(=C/c2cc3c(cc2Cl)N(C)C(C)(C)C[C@H]3C)S1. The van der Waals surface area contributed by atoms with Crippen molar-refractivity contribution in [2.75, 3.05) is 11.9 Å². The van der Waals surface area contributed by atoms with E-state index in [2.05, 4.69) is 49.1 Å². The molecule has 2 aliphatic rings. The predicted molar refractivity (Wildman–Crippen MR) is 134 cm³/mol. The number of halogens is 2. The Labute approximate surface area is 197 Å². The Morgan fingerprint density at radius 3 is 2.74 bits per heavy atom. The number of amidine groups is 1. The summed E-state index contributed by atoms with van der Waals surface area (Å²) in [5.74, 6) is 0.229. The molecule has 0 unspecified atom stereocenters. The molecule has 0 aromatic heterocycles. The van der Waals surface area contributed by atoms with E-state index in [1.165, 1.54) is 17.3 Å². The number of fused-ring (bicyclic) bond motifs is 1. The molecule has 1 atom stereocenters. The minimum atomic E-state index is -0.177. The van der Waals surface area contributed by atoms with Crippen LogP contribution in [0.2, 0.25) is 10.0 Å². The molecule has 4 nitrogen and oxygen atoms in total. The maximum Gasteiger partial charge on any atom is 0.264 e. The number of amides is 1. The summed E-state index contributed by atoms with van der Waals surface area (Å²) in [6.07, 6.45) is 2.90. The van der Waals surface area contributed by atoms with E-state index in [1.54, 1.807) is 0 Å². The first-order valence-electron chi connectivity index (χ1n) is 10.2. The molecule has 2 heterocycles. The summed E-state index contributed by atoms with van der Waals surface area (Å²) in [5, 5.41) is 4.65. The first-order chi connectivity index (χ1) is 14.6. The molecule has 1 N–H and O–H groups in total. The second-order valence-electron chi connectivity index (χ2n) is 8.77. The largest absolute Gasteiger partial charge is 0.369 e. The summed E-state index contributed by atoms with van der Waals surface area (Å²) < 4.78 is 0. The van der Waals surface area contributed by atoms with Gasteiger partial charge in [0.2, 0.25) is 0 Å². The van der Waals surface area contributed by atoms with Crippen LogP contribution in [-0.4, -0.2) is 23.7 Å². The zero-order valence-corrected chi connectivity index (χ0v) is 20.5. The van der Waals surface area contributed by atoms with Gasteiger partial charge in [-0.1, -0.05) is 36.2 Å². The fourth-order valence-corrected chi connectivity index (χ4v) is 5.37. The van der Waals surface area contributed by atoms with E-state index in [1.807, 2.05) is 37.3 Å². The fraction of sp³-hybridized carbons (Fsp3) is 0.333. The summed E-state index contributed by atoms with van der Waals surface area (Å²) in [6.45, 7) is 8.65. The van der Waals surface area contributed by atoms with Crippen LogP contribution in [0.1, 0.15) is 49.8 Å². The number of carbonyl (C=O) groups excluding carboxylic acids is 1. The maximum atomic E-state index is 12.6. The predicted octanol–water partition coefficient (Wildman–Crippen LogP) is 6.92. The van der Waals surface area contributed by atoms with Crippen LogP contribution in [0.5, 0.6) is 0 Å². The number of carbonyl (C=O) groups is 1. The Hall–Kier alpha value is -1.95. The molecule has 0 aliphatic carbocycles. The number of rotatable bonds is 2. The summed E-state index contributed by atoms with van der Waals surface area (Å²) in [4.78, 5) is 20.0. The van der Waals surface area contributed by atoms with Gasteiger partial charge in [-0.05, 0) is 91.9 Å². The van der Waals surface area contributed by atoms with E-state index in [9.17, 15) is 4.79 Å². The zero-order valence-electron chi connectivity index (χ0n) is 18.2. The average Bonchev–Trinajstić information content (AvgIpc) is 3.03. The number of thioether (sulfide) groups is 1. The van der Waals surface area contributed by atoms with Gasteiger partial charge in [0.25, 0.3) is 5.91 Å². The highest BCUT2D eigenvalue weighted by atomic mass is 35.5. The van der Waals surface area contributed by atoms with Crippen molar-refractivity contribution in [2.45, 2.75) is 45.6 Å². The zero-order chi connectivity index (χ0) is 22.5. The van der Waals surface area contributed by atoms with Crippen LogP contribution in [0.3, 0.4) is 0 Å². The molecule has 2 aliphatic heterocycles. The van der Waals surface area contributed by atoms with Crippen LogP contribution in [0, 0.1) is 6.92 Å². The van der Waals surface area contributed by atoms with Gasteiger partial charge in [-0.15, -0.1) is 0 Å². The van der Waals surface area contributed by atoms with Crippen molar-refractivity contribution >= 4 is 63.5 Å². The van der Waals surface area contributed by atoms with Gasteiger partial charge < -0.3 is 10.2 Å². The molecule has 162 valence electrons. The van der Waals surface area contributed by atoms with Crippen molar-refractivity contribution in [3.8, 4) is 0 Å². The van der Waals surface area contributed by atoms with Crippen LogP contribution < -0.4 is 10.2 Å². The van der Waals surface area contributed by atoms with Crippen molar-refractivity contribution < 1.29 is 4.79 Å². The van der Waals surface area contributed by atoms with Crippen LogP contribution >= 0.6 is 35.0 Å². The molecule has 2 aromatic rings. The minimum Gasteiger partial charge on any atom is -0.369 e. The van der Waals surface area contributed by atoms with Gasteiger partial charge in [0.05, 0.1) is 10.6 Å². The molecule has 4 rings (SSSR count). The van der Waals surface area contributed by atoms with Gasteiger partial charge in [-0.3, -0.25) is 4.79 Å². The Bertz CT molecular complexity index is 1140. The smallest absolute Gasteiger partial charge is 0.264 e. The normalized spacial score (nSPS) is 22.7. The highest BCUT2D eigenvalue weighted by Gasteiger charge is 2.34. The van der Waals surface area contributed by atoms with Crippen molar-refractivity contribution in [1.82, 2.24) is 5.32 Å². The lowest BCUT2D eigenvalue weighted by Gasteiger charge is -2.45. The Balaban J connectivity index is 1.67. The quantitative estimate of drug-likeness (QED) is 0.481. The van der Waals surface area contributed by atoms with Crippen LogP contribution in [0.4, 0.5) is 11.4 Å². The summed E-state index contributed by atoms with van der Waals surface area (Å²) in [6, 6.07) is 9.68. The Morgan fingerprint density at radius 2 is 2.00 bits per heavy atom. The number of nitrogens with zero attached hydrogens (tertiary/aromatic N) is 2. The number of anilines is 1. The van der Waals surface area contributed by atoms with Gasteiger partial charge >= 0.3 is 0 Å². The molecule has 7 heteroatoms. The van der Waals surface area contributed by atoms with Gasteiger partial charge in [-0.2, -0.15) is 0 Å². The lowest BCUT2D eigenvalue weighted by atomic mass is 9.80. The molecule has 2 aromatic carbocycles. The van der Waals surface area contributed by atoms with Crippen molar-refractivity contribution in [1.29, 1.82) is 0 Å². The molecule has 1 amide bonds. The van der Waals surface area contributed by atoms with Crippen molar-refractivity contribution in [3.05, 3.63) is 62.0 Å². The van der Waals surface area contributed by atoms with E-state index >= 15 is 0 Å². The van der Waals surface area contributed by atoms with E-state index < -0.39 is 0 Å². The summed E-state index contributed by atoms with van der Waals surface area (Å²) in [7, 11) is 2.11. The first-order valence-corrected chi connectivity index (χ1v) is 11.8. The first kappa shape index (κ1) is 22.3. The van der Waals surface area contributed by atoms with Gasteiger partial charge in [0.1, 0.15) is 0 Å². The molecule has 0 saturated carbocycles. The molecule has 1 saturated heterocycles. The van der Waals surface area contributed by atoms with Gasteiger partial charge in [-0.25, -0.2) is 4.99 Å². The second kappa shape index (κ2) is 8.19. The minimum absolute atomic E-state index is 0.0702. The Kier molecular flexibility index (Phi) is 5.88. The maximum absolute atomic E-state index is 12.6. The number of hydrogen-bond donors (Lipinski definition) is 1. The molecule has 0 bridgehead atoms. The van der Waals surface area contributed by atoms with E-state index in [4.69, 9.17) is 23.2 Å². The highest BCUT2D eigenvalue weighted by Crippen LogP contribution is 2.45. The second-order valence-corrected chi connectivity index (χ2v) is 10.6. The number of nitrogens with one attached hydrogen (secondary N) is 1. The van der Waals surface area contributed by atoms with E-state index in [0.717, 1.165) is 28.9 Å². The van der Waals surface area contributed by atoms with E-state index in [-0.39, 0.29) is 11.4 Å². The molecular weight excluding hydrogens is 449 g/mol. The third-order valence-corrected chi connectivity index (χ3v) is 7.80. The van der Waals surface area contributed by atoms with Crippen LogP contribution in [0.15, 0.2) is 40.2 Å². The monoisotopic (exact) mass is 473 g/mol. The summed E-state index contributed by atoms with van der Waals surface area (Å²) in [5.41, 5.74) is 4.94. The Morgan fingerprint density at radius 1 is 1.26 bits per heavy atom. The van der Waals surface area contributed by atoms with Gasteiger partial charge in [0, 0.05) is 28.3 Å². The molecular formula is C24H25Cl2N3OS. The summed E-state index contributed by atoms with van der Waals surface area (Å²) >= 11 is 14.1. The molecule has 1 fully saturated rings. The number of benzene rings is 2.